The Bertz CT molecular complexity index is 727. The third kappa shape index (κ3) is 3.20. The Labute approximate surface area is 131 Å². The van der Waals surface area contributed by atoms with Crippen molar-refractivity contribution in [2.45, 2.75) is 12.5 Å². The first-order chi connectivity index (χ1) is 10.2. The van der Waals surface area contributed by atoms with E-state index in [1.807, 2.05) is 54.6 Å². The highest BCUT2D eigenvalue weighted by Gasteiger charge is 2.17. The molecule has 0 aliphatic carbocycles. The van der Waals surface area contributed by atoms with Crippen LogP contribution in [0.5, 0.6) is 0 Å². The summed E-state index contributed by atoms with van der Waals surface area (Å²) < 4.78 is 6.23. The van der Waals surface area contributed by atoms with Crippen molar-refractivity contribution >= 4 is 15.9 Å². The summed E-state index contributed by atoms with van der Waals surface area (Å²) in [5, 5.41) is 4.01. The lowest BCUT2D eigenvalue weighted by Crippen LogP contribution is -2.13. The number of aromatic nitrogens is 2. The van der Waals surface area contributed by atoms with Crippen LogP contribution in [0.2, 0.25) is 0 Å². The molecular formula is C16H14BrN3O. The molecule has 0 saturated heterocycles. The summed E-state index contributed by atoms with van der Waals surface area (Å²) in [4.78, 5) is 4.40. The van der Waals surface area contributed by atoms with Crippen LogP contribution in [0.1, 0.15) is 17.5 Å². The van der Waals surface area contributed by atoms with E-state index in [0.717, 1.165) is 15.6 Å². The van der Waals surface area contributed by atoms with Gasteiger partial charge in [-0.05, 0) is 24.1 Å². The van der Waals surface area contributed by atoms with Gasteiger partial charge in [0.1, 0.15) is 0 Å². The Kier molecular flexibility index (Phi) is 4.13. The fraction of sp³-hybridized carbons (Fsp3) is 0.125. The standard InChI is InChI=1S/C16H14BrN3O/c17-13-9-5-4-8-12(13)15-19-16(21-20-15)14(18)10-11-6-2-1-3-7-11/h1-9,14H,10,18H2/t14-/m1/s1. The van der Waals surface area contributed by atoms with E-state index in [4.69, 9.17) is 10.3 Å². The molecule has 2 aromatic carbocycles. The molecule has 106 valence electrons. The van der Waals surface area contributed by atoms with Crippen LogP contribution >= 0.6 is 15.9 Å². The molecule has 0 unspecified atom stereocenters. The highest BCUT2D eigenvalue weighted by Crippen LogP contribution is 2.26. The van der Waals surface area contributed by atoms with E-state index in [1.165, 1.54) is 0 Å². The minimum Gasteiger partial charge on any atom is -0.337 e. The molecule has 0 fully saturated rings. The molecular weight excluding hydrogens is 330 g/mol. The first-order valence-corrected chi connectivity index (χ1v) is 7.41. The van der Waals surface area contributed by atoms with Crippen molar-refractivity contribution in [3.63, 3.8) is 0 Å². The van der Waals surface area contributed by atoms with Gasteiger partial charge < -0.3 is 10.3 Å². The number of hydrogen-bond donors (Lipinski definition) is 1. The van der Waals surface area contributed by atoms with Crippen molar-refractivity contribution in [1.82, 2.24) is 10.1 Å². The fourth-order valence-corrected chi connectivity index (χ4v) is 2.56. The molecule has 0 bridgehead atoms. The van der Waals surface area contributed by atoms with E-state index in [9.17, 15) is 0 Å². The van der Waals surface area contributed by atoms with Crippen LogP contribution in [0.25, 0.3) is 11.4 Å². The Morgan fingerprint density at radius 1 is 1.05 bits per heavy atom. The highest BCUT2D eigenvalue weighted by atomic mass is 79.9. The lowest BCUT2D eigenvalue weighted by Gasteiger charge is -2.06. The predicted octanol–water partition coefficient (Wildman–Crippen LogP) is 3.74. The predicted molar refractivity (Wildman–Crippen MR) is 84.5 cm³/mol. The van der Waals surface area contributed by atoms with Crippen LogP contribution in [0, 0.1) is 0 Å². The van der Waals surface area contributed by atoms with Gasteiger partial charge in [0.15, 0.2) is 0 Å². The van der Waals surface area contributed by atoms with E-state index < -0.39 is 0 Å². The Morgan fingerprint density at radius 3 is 2.52 bits per heavy atom. The summed E-state index contributed by atoms with van der Waals surface area (Å²) >= 11 is 3.48. The average molecular weight is 344 g/mol. The van der Waals surface area contributed by atoms with Crippen molar-refractivity contribution in [1.29, 1.82) is 0 Å². The third-order valence-electron chi connectivity index (χ3n) is 3.17. The van der Waals surface area contributed by atoms with Gasteiger partial charge in [-0.15, -0.1) is 0 Å². The molecule has 0 aliphatic rings. The third-order valence-corrected chi connectivity index (χ3v) is 3.86. The van der Waals surface area contributed by atoms with Crippen LogP contribution in [0.4, 0.5) is 0 Å². The SMILES string of the molecule is N[C@H](Cc1ccccc1)c1nc(-c2ccccc2Br)no1. The van der Waals surface area contributed by atoms with E-state index in [-0.39, 0.29) is 6.04 Å². The maximum atomic E-state index is 6.15. The number of rotatable bonds is 4. The van der Waals surface area contributed by atoms with Crippen molar-refractivity contribution in [3.05, 3.63) is 70.5 Å². The topological polar surface area (TPSA) is 64.9 Å². The minimum absolute atomic E-state index is 0.309. The molecule has 0 saturated carbocycles. The monoisotopic (exact) mass is 343 g/mol. The summed E-state index contributed by atoms with van der Waals surface area (Å²) in [6, 6.07) is 17.5. The Balaban J connectivity index is 1.80. The second kappa shape index (κ2) is 6.20. The second-order valence-corrected chi connectivity index (χ2v) is 5.59. The summed E-state index contributed by atoms with van der Waals surface area (Å²) in [5.74, 6) is 0.991. The molecule has 0 spiro atoms. The van der Waals surface area contributed by atoms with Crippen molar-refractivity contribution < 1.29 is 4.52 Å². The molecule has 1 heterocycles. The van der Waals surface area contributed by atoms with E-state index in [0.29, 0.717) is 18.1 Å². The summed E-state index contributed by atoms with van der Waals surface area (Å²) in [7, 11) is 0. The highest BCUT2D eigenvalue weighted by molar-refractivity contribution is 9.10. The molecule has 3 rings (SSSR count). The number of halogens is 1. The van der Waals surface area contributed by atoms with Crippen LogP contribution in [0.3, 0.4) is 0 Å². The number of hydrogen-bond acceptors (Lipinski definition) is 4. The minimum atomic E-state index is -0.309. The molecule has 0 amide bonds. The van der Waals surface area contributed by atoms with Gasteiger partial charge in [-0.3, -0.25) is 0 Å². The van der Waals surface area contributed by atoms with E-state index >= 15 is 0 Å². The van der Waals surface area contributed by atoms with Gasteiger partial charge in [0.2, 0.25) is 11.7 Å². The average Bonchev–Trinajstić information content (AvgIpc) is 2.98. The lowest BCUT2D eigenvalue weighted by molar-refractivity contribution is 0.354. The first kappa shape index (κ1) is 14.0. The molecule has 0 radical (unpaired) electrons. The molecule has 1 aromatic heterocycles. The summed E-state index contributed by atoms with van der Waals surface area (Å²) in [6.45, 7) is 0. The number of nitrogens with zero attached hydrogens (tertiary/aromatic N) is 2. The maximum Gasteiger partial charge on any atom is 0.244 e. The van der Waals surface area contributed by atoms with Crippen molar-refractivity contribution in [3.8, 4) is 11.4 Å². The van der Waals surface area contributed by atoms with Crippen LogP contribution < -0.4 is 5.73 Å². The molecule has 0 aliphatic heterocycles. The molecule has 5 heteroatoms. The molecule has 4 nitrogen and oxygen atoms in total. The summed E-state index contributed by atoms with van der Waals surface area (Å²) in [6.07, 6.45) is 0.665. The van der Waals surface area contributed by atoms with Gasteiger partial charge in [0.25, 0.3) is 0 Å². The van der Waals surface area contributed by atoms with Crippen LogP contribution in [-0.2, 0) is 6.42 Å². The van der Waals surface area contributed by atoms with E-state index in [1.54, 1.807) is 0 Å². The van der Waals surface area contributed by atoms with Gasteiger partial charge in [0, 0.05) is 10.0 Å². The molecule has 2 N–H and O–H groups in total. The zero-order valence-corrected chi connectivity index (χ0v) is 12.8. The second-order valence-electron chi connectivity index (χ2n) is 4.73. The zero-order chi connectivity index (χ0) is 14.7. The Hall–Kier alpha value is -1.98. The first-order valence-electron chi connectivity index (χ1n) is 6.62. The van der Waals surface area contributed by atoms with E-state index in [2.05, 4.69) is 26.1 Å². The quantitative estimate of drug-likeness (QED) is 0.783. The fourth-order valence-electron chi connectivity index (χ4n) is 2.09. The van der Waals surface area contributed by atoms with Gasteiger partial charge in [-0.25, -0.2) is 0 Å². The van der Waals surface area contributed by atoms with Crippen LogP contribution in [0.15, 0.2) is 63.6 Å². The Morgan fingerprint density at radius 2 is 1.76 bits per heavy atom. The molecule has 3 aromatic rings. The summed E-state index contributed by atoms with van der Waals surface area (Å²) in [5.41, 5.74) is 8.18. The number of nitrogens with two attached hydrogens (primary N) is 1. The van der Waals surface area contributed by atoms with Gasteiger partial charge in [-0.2, -0.15) is 4.98 Å². The lowest BCUT2D eigenvalue weighted by atomic mass is 10.1. The smallest absolute Gasteiger partial charge is 0.244 e. The largest absolute Gasteiger partial charge is 0.337 e. The van der Waals surface area contributed by atoms with Gasteiger partial charge in [0.05, 0.1) is 6.04 Å². The van der Waals surface area contributed by atoms with Crippen LogP contribution in [-0.4, -0.2) is 10.1 Å². The molecule has 21 heavy (non-hydrogen) atoms. The zero-order valence-electron chi connectivity index (χ0n) is 11.2. The van der Waals surface area contributed by atoms with Gasteiger partial charge >= 0.3 is 0 Å². The van der Waals surface area contributed by atoms with Crippen molar-refractivity contribution in [2.75, 3.05) is 0 Å². The van der Waals surface area contributed by atoms with Crippen molar-refractivity contribution in [2.24, 2.45) is 5.73 Å². The van der Waals surface area contributed by atoms with Gasteiger partial charge in [-0.1, -0.05) is 63.6 Å². The molecule has 1 atom stereocenters. The maximum absolute atomic E-state index is 6.15. The number of benzene rings is 2. The normalized spacial score (nSPS) is 12.3.